The van der Waals surface area contributed by atoms with E-state index in [2.05, 4.69) is 28.7 Å². The molecule has 2 aromatic heterocycles. The lowest BCUT2D eigenvalue weighted by Crippen LogP contribution is -2.29. The summed E-state index contributed by atoms with van der Waals surface area (Å²) in [7, 11) is 0. The van der Waals surface area contributed by atoms with Crippen molar-refractivity contribution in [1.82, 2.24) is 19.9 Å². The van der Waals surface area contributed by atoms with Crippen molar-refractivity contribution in [3.05, 3.63) is 24.2 Å². The van der Waals surface area contributed by atoms with Crippen molar-refractivity contribution in [2.75, 3.05) is 13.1 Å². The van der Waals surface area contributed by atoms with E-state index in [1.165, 1.54) is 5.82 Å². The van der Waals surface area contributed by atoms with Crippen LogP contribution in [0.3, 0.4) is 0 Å². The summed E-state index contributed by atoms with van der Waals surface area (Å²) < 4.78 is 2.25. The van der Waals surface area contributed by atoms with Gasteiger partial charge in [-0.05, 0) is 32.0 Å². The van der Waals surface area contributed by atoms with Gasteiger partial charge in [0.15, 0.2) is 5.65 Å². The van der Waals surface area contributed by atoms with Gasteiger partial charge in [0.05, 0.1) is 0 Å². The molecule has 0 spiro atoms. The Bertz CT molecular complexity index is 537. The topological polar surface area (TPSA) is 42.7 Å². The van der Waals surface area contributed by atoms with Crippen LogP contribution in [0.4, 0.5) is 0 Å². The molecule has 90 valence electrons. The average molecular weight is 230 g/mol. The molecule has 0 amide bonds. The second kappa shape index (κ2) is 3.81. The molecule has 0 aromatic carbocycles. The maximum absolute atomic E-state index is 4.80. The van der Waals surface area contributed by atoms with Gasteiger partial charge in [-0.25, -0.2) is 9.97 Å². The Balaban J connectivity index is 2.21. The van der Waals surface area contributed by atoms with Crippen LogP contribution in [-0.4, -0.2) is 27.6 Å². The van der Waals surface area contributed by atoms with E-state index >= 15 is 0 Å². The van der Waals surface area contributed by atoms with Gasteiger partial charge >= 0.3 is 0 Å². The summed E-state index contributed by atoms with van der Waals surface area (Å²) in [4.78, 5) is 9.25. The molecular formula is C13H18N4. The van der Waals surface area contributed by atoms with Crippen molar-refractivity contribution in [3.63, 3.8) is 0 Å². The zero-order valence-corrected chi connectivity index (χ0v) is 10.4. The standard InChI is InChI=1S/C13H18N4/c1-3-17-11-10(5-4-7-15-11)16-12(17)13(2)6-8-14-9-13/h4-5,7,14H,3,6,8-9H2,1-2H3. The fraction of sp³-hybridized carbons (Fsp3) is 0.538. The fourth-order valence-corrected chi connectivity index (χ4v) is 2.73. The van der Waals surface area contributed by atoms with Crippen LogP contribution in [0.1, 0.15) is 26.1 Å². The van der Waals surface area contributed by atoms with Crippen LogP contribution in [0, 0.1) is 0 Å². The molecule has 0 radical (unpaired) electrons. The van der Waals surface area contributed by atoms with Crippen molar-refractivity contribution >= 4 is 11.2 Å². The SMILES string of the molecule is CCn1c(C2(C)CCNC2)nc2cccnc21. The molecule has 0 bridgehead atoms. The minimum atomic E-state index is 0.150. The molecule has 1 atom stereocenters. The first-order chi connectivity index (χ1) is 8.24. The lowest BCUT2D eigenvalue weighted by molar-refractivity contribution is 0.464. The number of aryl methyl sites for hydroxylation is 1. The number of fused-ring (bicyclic) bond motifs is 1. The van der Waals surface area contributed by atoms with Crippen molar-refractivity contribution in [1.29, 1.82) is 0 Å². The molecule has 4 nitrogen and oxygen atoms in total. The van der Waals surface area contributed by atoms with E-state index in [1.54, 1.807) is 0 Å². The molecule has 4 heteroatoms. The molecule has 0 saturated carbocycles. The number of aromatic nitrogens is 3. The van der Waals surface area contributed by atoms with Crippen LogP contribution < -0.4 is 5.32 Å². The van der Waals surface area contributed by atoms with Crippen LogP contribution in [0.15, 0.2) is 18.3 Å². The van der Waals surface area contributed by atoms with Crippen molar-refractivity contribution in [2.45, 2.75) is 32.2 Å². The smallest absolute Gasteiger partial charge is 0.159 e. The van der Waals surface area contributed by atoms with Crippen LogP contribution in [0.25, 0.3) is 11.2 Å². The Morgan fingerprint density at radius 1 is 1.53 bits per heavy atom. The number of hydrogen-bond acceptors (Lipinski definition) is 3. The number of rotatable bonds is 2. The van der Waals surface area contributed by atoms with Gasteiger partial charge in [0, 0.05) is 24.7 Å². The van der Waals surface area contributed by atoms with Gasteiger partial charge in [-0.15, -0.1) is 0 Å². The Morgan fingerprint density at radius 3 is 3.12 bits per heavy atom. The van der Waals surface area contributed by atoms with E-state index in [0.717, 1.165) is 37.2 Å². The highest BCUT2D eigenvalue weighted by Gasteiger charge is 2.35. The molecule has 1 aliphatic heterocycles. The zero-order chi connectivity index (χ0) is 11.9. The van der Waals surface area contributed by atoms with Crippen LogP contribution >= 0.6 is 0 Å². The summed E-state index contributed by atoms with van der Waals surface area (Å²) in [5.41, 5.74) is 2.17. The van der Waals surface area contributed by atoms with Gasteiger partial charge in [-0.1, -0.05) is 6.92 Å². The summed E-state index contributed by atoms with van der Waals surface area (Å²) in [6.07, 6.45) is 2.99. The van der Waals surface area contributed by atoms with E-state index < -0.39 is 0 Å². The van der Waals surface area contributed by atoms with E-state index in [1.807, 2.05) is 18.3 Å². The Hall–Kier alpha value is -1.42. The summed E-state index contributed by atoms with van der Waals surface area (Å²) in [6.45, 7) is 7.47. The Kier molecular flexibility index (Phi) is 2.40. The number of imidazole rings is 1. The van der Waals surface area contributed by atoms with Crippen molar-refractivity contribution < 1.29 is 0 Å². The maximum atomic E-state index is 4.80. The normalized spacial score (nSPS) is 24.6. The first-order valence-electron chi connectivity index (χ1n) is 6.27. The third-order valence-corrected chi connectivity index (χ3v) is 3.73. The van der Waals surface area contributed by atoms with E-state index in [4.69, 9.17) is 4.98 Å². The highest BCUT2D eigenvalue weighted by molar-refractivity contribution is 5.71. The van der Waals surface area contributed by atoms with Crippen LogP contribution in [0.2, 0.25) is 0 Å². The second-order valence-corrected chi connectivity index (χ2v) is 5.01. The van der Waals surface area contributed by atoms with E-state index in [-0.39, 0.29) is 5.41 Å². The quantitative estimate of drug-likeness (QED) is 0.854. The number of nitrogens with zero attached hydrogens (tertiary/aromatic N) is 3. The average Bonchev–Trinajstić information content (AvgIpc) is 2.93. The molecule has 3 rings (SSSR count). The fourth-order valence-electron chi connectivity index (χ4n) is 2.73. The molecule has 17 heavy (non-hydrogen) atoms. The second-order valence-electron chi connectivity index (χ2n) is 5.01. The van der Waals surface area contributed by atoms with Gasteiger partial charge in [-0.2, -0.15) is 0 Å². The molecule has 1 N–H and O–H groups in total. The maximum Gasteiger partial charge on any atom is 0.159 e. The third kappa shape index (κ3) is 1.55. The number of hydrogen-bond donors (Lipinski definition) is 1. The molecule has 3 heterocycles. The lowest BCUT2D eigenvalue weighted by atomic mass is 9.89. The minimum absolute atomic E-state index is 0.150. The first kappa shape index (κ1) is 10.7. The molecule has 1 saturated heterocycles. The van der Waals surface area contributed by atoms with Crippen molar-refractivity contribution in [3.8, 4) is 0 Å². The third-order valence-electron chi connectivity index (χ3n) is 3.73. The van der Waals surface area contributed by atoms with Gasteiger partial charge < -0.3 is 9.88 Å². The van der Waals surface area contributed by atoms with Gasteiger partial charge in [-0.3, -0.25) is 0 Å². The van der Waals surface area contributed by atoms with Gasteiger partial charge in [0.2, 0.25) is 0 Å². The summed E-state index contributed by atoms with van der Waals surface area (Å²) in [6, 6.07) is 4.00. The predicted molar refractivity (Wildman–Crippen MR) is 68.0 cm³/mol. The number of pyridine rings is 1. The predicted octanol–water partition coefficient (Wildman–Crippen LogP) is 1.70. The molecule has 0 aliphatic carbocycles. The van der Waals surface area contributed by atoms with Crippen molar-refractivity contribution in [2.24, 2.45) is 0 Å². The lowest BCUT2D eigenvalue weighted by Gasteiger charge is -2.22. The van der Waals surface area contributed by atoms with Crippen LogP contribution in [0.5, 0.6) is 0 Å². The summed E-state index contributed by atoms with van der Waals surface area (Å²) in [5.74, 6) is 1.18. The van der Waals surface area contributed by atoms with Gasteiger partial charge in [0.25, 0.3) is 0 Å². The Labute approximate surface area is 101 Å². The molecule has 1 fully saturated rings. The van der Waals surface area contributed by atoms with Crippen LogP contribution in [-0.2, 0) is 12.0 Å². The molecule has 1 unspecified atom stereocenters. The molecular weight excluding hydrogens is 212 g/mol. The highest BCUT2D eigenvalue weighted by atomic mass is 15.1. The highest BCUT2D eigenvalue weighted by Crippen LogP contribution is 2.31. The van der Waals surface area contributed by atoms with E-state index in [0.29, 0.717) is 0 Å². The first-order valence-corrected chi connectivity index (χ1v) is 6.27. The molecule has 1 aliphatic rings. The summed E-state index contributed by atoms with van der Waals surface area (Å²) >= 11 is 0. The monoisotopic (exact) mass is 230 g/mol. The summed E-state index contributed by atoms with van der Waals surface area (Å²) in [5, 5.41) is 3.43. The van der Waals surface area contributed by atoms with E-state index in [9.17, 15) is 0 Å². The largest absolute Gasteiger partial charge is 0.316 e. The Morgan fingerprint density at radius 2 is 2.41 bits per heavy atom. The zero-order valence-electron chi connectivity index (χ0n) is 10.4. The minimum Gasteiger partial charge on any atom is -0.316 e. The number of nitrogens with one attached hydrogen (secondary N) is 1. The van der Waals surface area contributed by atoms with Gasteiger partial charge in [0.1, 0.15) is 11.3 Å². The molecule has 2 aromatic rings.